The van der Waals surface area contributed by atoms with Crippen molar-refractivity contribution in [2.75, 3.05) is 32.8 Å². The number of carbonyl (C=O) groups is 2. The summed E-state index contributed by atoms with van der Waals surface area (Å²) in [5.74, 6) is -0.320. The summed E-state index contributed by atoms with van der Waals surface area (Å²) in [5, 5.41) is 0. The zero-order valence-electron chi connectivity index (χ0n) is 16.9. The van der Waals surface area contributed by atoms with Crippen molar-refractivity contribution in [2.45, 2.75) is 43.2 Å². The minimum atomic E-state index is -4.63. The van der Waals surface area contributed by atoms with Gasteiger partial charge in [0, 0.05) is 32.6 Å². The number of imide groups is 1. The highest BCUT2D eigenvalue weighted by atomic mass is 32.2. The van der Waals surface area contributed by atoms with E-state index in [1.165, 1.54) is 4.90 Å². The maximum absolute atomic E-state index is 12.9. The number of nitrogens with zero attached hydrogens (tertiary/aromatic N) is 3. The molecule has 1 aliphatic carbocycles. The summed E-state index contributed by atoms with van der Waals surface area (Å²) >= 11 is 0. The lowest BCUT2D eigenvalue weighted by molar-refractivity contribution is -0.144. The largest absolute Gasteiger partial charge is 0.416 e. The van der Waals surface area contributed by atoms with Gasteiger partial charge in [0.2, 0.25) is 21.8 Å². The maximum atomic E-state index is 12.9. The number of amides is 2. The van der Waals surface area contributed by atoms with Crippen molar-refractivity contribution >= 4 is 21.8 Å². The van der Waals surface area contributed by atoms with Gasteiger partial charge in [0.1, 0.15) is 0 Å². The molecule has 2 saturated heterocycles. The molecule has 3 fully saturated rings. The second-order valence-electron chi connectivity index (χ2n) is 8.48. The molecule has 7 nitrogen and oxygen atoms in total. The minimum absolute atomic E-state index is 0.0694. The highest BCUT2D eigenvalue weighted by Crippen LogP contribution is 2.46. The van der Waals surface area contributed by atoms with Crippen molar-refractivity contribution in [3.05, 3.63) is 29.8 Å². The molecule has 2 amide bonds. The Morgan fingerprint density at radius 1 is 1.00 bits per heavy atom. The van der Waals surface area contributed by atoms with E-state index in [0.29, 0.717) is 6.07 Å². The average Bonchev–Trinajstić information content (AvgIpc) is 3.28. The molecule has 11 heteroatoms. The molecule has 3 aliphatic rings. The van der Waals surface area contributed by atoms with E-state index in [2.05, 4.69) is 0 Å². The van der Waals surface area contributed by atoms with Crippen LogP contribution in [0, 0.1) is 5.41 Å². The monoisotopic (exact) mass is 459 g/mol. The van der Waals surface area contributed by atoms with Crippen LogP contribution in [0.15, 0.2) is 29.2 Å². The number of hydrogen-bond donors (Lipinski definition) is 0. The SMILES string of the molecule is O=C1CC2(CCCC2)C(=O)N1CN1CCN(S(=O)(=O)c2cccc(C(F)(F)F)c2)CC1. The number of carbonyl (C=O) groups excluding carboxylic acids is 2. The van der Waals surface area contributed by atoms with Crippen LogP contribution in [0.1, 0.15) is 37.7 Å². The third kappa shape index (κ3) is 4.10. The second kappa shape index (κ2) is 7.86. The lowest BCUT2D eigenvalue weighted by Crippen LogP contribution is -2.52. The molecular formula is C20H24F3N3O4S. The Morgan fingerprint density at radius 3 is 2.26 bits per heavy atom. The normalized spacial score (nSPS) is 23.3. The summed E-state index contributed by atoms with van der Waals surface area (Å²) in [6.07, 6.45) is -1.03. The number of rotatable bonds is 4. The first-order chi connectivity index (χ1) is 14.5. The quantitative estimate of drug-likeness (QED) is 0.646. The molecule has 0 radical (unpaired) electrons. The van der Waals surface area contributed by atoms with E-state index in [0.717, 1.165) is 48.2 Å². The molecule has 1 aromatic rings. The molecule has 31 heavy (non-hydrogen) atoms. The molecule has 1 spiro atoms. The number of sulfonamides is 1. The molecule has 4 rings (SSSR count). The molecule has 0 unspecified atom stereocenters. The highest BCUT2D eigenvalue weighted by Gasteiger charge is 2.52. The Balaban J connectivity index is 1.40. The first kappa shape index (κ1) is 22.2. The number of hydrogen-bond acceptors (Lipinski definition) is 5. The number of piperazine rings is 1. The second-order valence-corrected chi connectivity index (χ2v) is 10.4. The van der Waals surface area contributed by atoms with E-state index in [1.807, 2.05) is 4.90 Å². The number of alkyl halides is 3. The third-order valence-corrected chi connectivity index (χ3v) is 8.42. The first-order valence-electron chi connectivity index (χ1n) is 10.3. The van der Waals surface area contributed by atoms with Crippen LogP contribution in [0.3, 0.4) is 0 Å². The molecule has 2 heterocycles. The fourth-order valence-corrected chi connectivity index (χ4v) is 6.21. The molecular weight excluding hydrogens is 435 g/mol. The number of benzene rings is 1. The van der Waals surface area contributed by atoms with E-state index in [-0.39, 0.29) is 51.1 Å². The Morgan fingerprint density at radius 2 is 1.65 bits per heavy atom. The van der Waals surface area contributed by atoms with Crippen molar-refractivity contribution in [1.82, 2.24) is 14.1 Å². The first-order valence-corrected chi connectivity index (χ1v) is 11.7. The van der Waals surface area contributed by atoms with E-state index in [4.69, 9.17) is 0 Å². The molecule has 0 aromatic heterocycles. The Hall–Kier alpha value is -1.98. The summed E-state index contributed by atoms with van der Waals surface area (Å²) < 4.78 is 65.6. The van der Waals surface area contributed by atoms with Gasteiger partial charge in [0.15, 0.2) is 0 Å². The third-order valence-electron chi connectivity index (χ3n) is 6.52. The van der Waals surface area contributed by atoms with E-state index < -0.39 is 32.1 Å². The Bertz CT molecular complexity index is 982. The Kier molecular flexibility index (Phi) is 5.63. The molecule has 0 N–H and O–H groups in total. The highest BCUT2D eigenvalue weighted by molar-refractivity contribution is 7.89. The summed E-state index contributed by atoms with van der Waals surface area (Å²) in [7, 11) is -4.08. The summed E-state index contributed by atoms with van der Waals surface area (Å²) in [6.45, 7) is 0.821. The predicted molar refractivity (Wildman–Crippen MR) is 104 cm³/mol. The van der Waals surface area contributed by atoms with E-state index in [1.54, 1.807) is 0 Å². The number of likely N-dealkylation sites (tertiary alicyclic amines) is 1. The van der Waals surface area contributed by atoms with Gasteiger partial charge >= 0.3 is 6.18 Å². The van der Waals surface area contributed by atoms with Crippen LogP contribution in [0.5, 0.6) is 0 Å². The van der Waals surface area contributed by atoms with Gasteiger partial charge in [0.25, 0.3) is 0 Å². The molecule has 170 valence electrons. The van der Waals surface area contributed by atoms with Gasteiger partial charge in [-0.05, 0) is 31.0 Å². The van der Waals surface area contributed by atoms with Gasteiger partial charge in [0.05, 0.1) is 22.5 Å². The molecule has 2 aliphatic heterocycles. The van der Waals surface area contributed by atoms with Gasteiger partial charge in [-0.15, -0.1) is 0 Å². The fraction of sp³-hybridized carbons (Fsp3) is 0.600. The smallest absolute Gasteiger partial charge is 0.283 e. The minimum Gasteiger partial charge on any atom is -0.283 e. The summed E-state index contributed by atoms with van der Waals surface area (Å²) in [6, 6.07) is 3.71. The van der Waals surface area contributed by atoms with Gasteiger partial charge in [-0.2, -0.15) is 17.5 Å². The average molecular weight is 459 g/mol. The topological polar surface area (TPSA) is 78.0 Å². The summed E-state index contributed by atoms with van der Waals surface area (Å²) in [5.41, 5.74) is -1.56. The summed E-state index contributed by atoms with van der Waals surface area (Å²) in [4.78, 5) is 28.0. The van der Waals surface area contributed by atoms with Crippen molar-refractivity contribution in [1.29, 1.82) is 0 Å². The van der Waals surface area contributed by atoms with Crippen molar-refractivity contribution < 1.29 is 31.2 Å². The van der Waals surface area contributed by atoms with E-state index in [9.17, 15) is 31.2 Å². The van der Waals surface area contributed by atoms with Crippen LogP contribution >= 0.6 is 0 Å². The molecule has 1 saturated carbocycles. The van der Waals surface area contributed by atoms with Crippen molar-refractivity contribution in [2.24, 2.45) is 5.41 Å². The molecule has 0 atom stereocenters. The zero-order chi connectivity index (χ0) is 22.4. The standard InChI is InChI=1S/C20H24F3N3O4S/c21-20(22,23)15-4-3-5-16(12-15)31(29,30)25-10-8-24(9-11-25)14-26-17(27)13-19(18(26)28)6-1-2-7-19/h3-5,12H,1-2,6-11,13-14H2. The van der Waals surface area contributed by atoms with Crippen LogP contribution in [-0.2, 0) is 25.8 Å². The van der Waals surface area contributed by atoms with Gasteiger partial charge in [-0.25, -0.2) is 8.42 Å². The lowest BCUT2D eigenvalue weighted by Gasteiger charge is -2.35. The molecule has 1 aromatic carbocycles. The molecule has 0 bridgehead atoms. The zero-order valence-corrected chi connectivity index (χ0v) is 17.7. The lowest BCUT2D eigenvalue weighted by atomic mass is 9.85. The van der Waals surface area contributed by atoms with Crippen molar-refractivity contribution in [3.63, 3.8) is 0 Å². The maximum Gasteiger partial charge on any atom is 0.416 e. The van der Waals surface area contributed by atoms with Gasteiger partial charge in [-0.1, -0.05) is 18.9 Å². The Labute approximate surface area is 178 Å². The predicted octanol–water partition coefficient (Wildman–Crippen LogP) is 2.29. The fourth-order valence-electron chi connectivity index (χ4n) is 4.74. The van der Waals surface area contributed by atoms with Crippen LogP contribution in [-0.4, -0.2) is 67.2 Å². The van der Waals surface area contributed by atoms with Crippen LogP contribution in [0.2, 0.25) is 0 Å². The van der Waals surface area contributed by atoms with Crippen molar-refractivity contribution in [3.8, 4) is 0 Å². The van der Waals surface area contributed by atoms with Gasteiger partial charge < -0.3 is 0 Å². The van der Waals surface area contributed by atoms with Crippen LogP contribution in [0.25, 0.3) is 0 Å². The number of halogens is 3. The van der Waals surface area contributed by atoms with E-state index >= 15 is 0 Å². The van der Waals surface area contributed by atoms with Gasteiger partial charge in [-0.3, -0.25) is 19.4 Å². The van der Waals surface area contributed by atoms with Crippen LogP contribution in [0.4, 0.5) is 13.2 Å². The van der Waals surface area contributed by atoms with Crippen LogP contribution < -0.4 is 0 Å².